The number of nitroso groups, excluding NO2 is 1. The average Bonchev–Trinajstić information content (AvgIpc) is 2.03. The molecule has 0 spiro atoms. The quantitative estimate of drug-likeness (QED) is 0.564. The molecular weight excluding hydrogens is 184 g/mol. The molecule has 0 unspecified atom stereocenters. The fourth-order valence-corrected chi connectivity index (χ4v) is 0.805. The lowest BCUT2D eigenvalue weighted by Crippen LogP contribution is -1.97. The van der Waals surface area contributed by atoms with Gasteiger partial charge in [0.15, 0.2) is 0 Å². The summed E-state index contributed by atoms with van der Waals surface area (Å²) in [6.45, 7) is 0. The minimum Gasteiger partial charge on any atom is -0.478 e. The molecule has 0 aliphatic carbocycles. The summed E-state index contributed by atoms with van der Waals surface area (Å²) in [6.07, 6.45) is 0. The van der Waals surface area contributed by atoms with E-state index in [-0.39, 0.29) is 10.7 Å². The Bertz CT molecular complexity index is 340. The third kappa shape index (κ3) is 1.57. The first-order chi connectivity index (χ1) is 5.65. The Morgan fingerprint density at radius 1 is 1.58 bits per heavy atom. The highest BCUT2D eigenvalue weighted by Crippen LogP contribution is 2.18. The number of carboxylic acids is 1. The van der Waals surface area contributed by atoms with E-state index in [1.165, 1.54) is 12.1 Å². The number of nitrogens with zero attached hydrogens (tertiary/aromatic N) is 2. The number of carbonyl (C=O) groups is 1. The molecule has 1 N–H and O–H groups in total. The number of pyridine rings is 1. The van der Waals surface area contributed by atoms with Gasteiger partial charge in [0, 0.05) is 0 Å². The largest absolute Gasteiger partial charge is 0.478 e. The fraction of sp³-hybridized carbons (Fsp3) is 0. The van der Waals surface area contributed by atoms with Gasteiger partial charge in [-0.25, -0.2) is 9.78 Å². The molecule has 0 bridgehead atoms. The van der Waals surface area contributed by atoms with Crippen molar-refractivity contribution in [3.63, 3.8) is 0 Å². The molecule has 0 amide bonds. The molecule has 0 aliphatic rings. The Morgan fingerprint density at radius 2 is 2.25 bits per heavy atom. The topological polar surface area (TPSA) is 79.6 Å². The number of aromatic nitrogens is 1. The van der Waals surface area contributed by atoms with Crippen LogP contribution in [0.4, 0.5) is 5.82 Å². The van der Waals surface area contributed by atoms with Gasteiger partial charge < -0.3 is 5.11 Å². The monoisotopic (exact) mass is 186 g/mol. The first-order valence-corrected chi connectivity index (χ1v) is 3.26. The van der Waals surface area contributed by atoms with Crippen LogP contribution in [-0.2, 0) is 0 Å². The van der Waals surface area contributed by atoms with Crippen molar-refractivity contribution in [1.29, 1.82) is 0 Å². The summed E-state index contributed by atoms with van der Waals surface area (Å²) in [5.74, 6) is -1.66. The Labute approximate surface area is 72.0 Å². The maximum atomic E-state index is 10.4. The molecule has 0 saturated carbocycles. The molecule has 6 heteroatoms. The van der Waals surface area contributed by atoms with E-state index >= 15 is 0 Å². The third-order valence-electron chi connectivity index (χ3n) is 1.16. The molecule has 0 aliphatic heterocycles. The predicted molar refractivity (Wildman–Crippen MR) is 41.7 cm³/mol. The number of halogens is 1. The number of hydrogen-bond donors (Lipinski definition) is 1. The minimum atomic E-state index is -1.26. The van der Waals surface area contributed by atoms with Gasteiger partial charge in [-0.15, -0.1) is 4.91 Å². The van der Waals surface area contributed by atoms with Gasteiger partial charge in [-0.1, -0.05) is 11.6 Å². The molecule has 0 radical (unpaired) electrons. The maximum absolute atomic E-state index is 10.4. The normalized spacial score (nSPS) is 9.42. The molecule has 12 heavy (non-hydrogen) atoms. The number of aromatic carboxylic acids is 1. The molecule has 5 nitrogen and oxygen atoms in total. The Kier molecular flexibility index (Phi) is 2.35. The van der Waals surface area contributed by atoms with Crippen LogP contribution in [0, 0.1) is 4.91 Å². The van der Waals surface area contributed by atoms with Crippen molar-refractivity contribution in [2.24, 2.45) is 5.18 Å². The van der Waals surface area contributed by atoms with Crippen molar-refractivity contribution in [2.45, 2.75) is 0 Å². The maximum Gasteiger partial charge on any atom is 0.339 e. The lowest BCUT2D eigenvalue weighted by Gasteiger charge is -1.95. The van der Waals surface area contributed by atoms with Crippen molar-refractivity contribution in [2.75, 3.05) is 0 Å². The van der Waals surface area contributed by atoms with Crippen LogP contribution in [0.1, 0.15) is 10.4 Å². The third-order valence-corrected chi connectivity index (χ3v) is 1.37. The highest BCUT2D eigenvalue weighted by molar-refractivity contribution is 6.29. The molecule has 1 heterocycles. The second-order valence-electron chi connectivity index (χ2n) is 1.90. The van der Waals surface area contributed by atoms with Crippen LogP contribution in [0.3, 0.4) is 0 Å². The van der Waals surface area contributed by atoms with Gasteiger partial charge in [0.2, 0.25) is 5.82 Å². The van der Waals surface area contributed by atoms with Gasteiger partial charge in [-0.2, -0.15) is 0 Å². The van der Waals surface area contributed by atoms with E-state index in [1.807, 2.05) is 0 Å². The molecule has 1 aromatic heterocycles. The summed E-state index contributed by atoms with van der Waals surface area (Å²) >= 11 is 5.40. The molecule has 0 fully saturated rings. The lowest BCUT2D eigenvalue weighted by molar-refractivity contribution is 0.0697. The molecule has 1 rings (SSSR count). The Balaban J connectivity index is 3.29. The standard InChI is InChI=1S/C6H3ClN2O3/c7-4-2-1-3(6(10)11)5(8-4)9-12/h1-2H,(H,10,11). The van der Waals surface area contributed by atoms with E-state index < -0.39 is 11.8 Å². The summed E-state index contributed by atoms with van der Waals surface area (Å²) in [5, 5.41) is 11.0. The van der Waals surface area contributed by atoms with Crippen LogP contribution in [0.2, 0.25) is 5.15 Å². The van der Waals surface area contributed by atoms with Crippen LogP contribution in [0.15, 0.2) is 17.3 Å². The van der Waals surface area contributed by atoms with Crippen molar-refractivity contribution in [3.05, 3.63) is 27.8 Å². The van der Waals surface area contributed by atoms with Gasteiger partial charge in [0.25, 0.3) is 0 Å². The zero-order chi connectivity index (χ0) is 9.14. The SMILES string of the molecule is O=Nc1nc(Cl)ccc1C(=O)O. The minimum absolute atomic E-state index is 0.0367. The van der Waals surface area contributed by atoms with E-state index in [9.17, 15) is 9.70 Å². The van der Waals surface area contributed by atoms with Crippen LogP contribution in [0.5, 0.6) is 0 Å². The molecule has 0 saturated heterocycles. The summed E-state index contributed by atoms with van der Waals surface area (Å²) in [4.78, 5) is 23.9. The lowest BCUT2D eigenvalue weighted by atomic mass is 10.2. The molecule has 1 aromatic rings. The van der Waals surface area contributed by atoms with Crippen molar-refractivity contribution in [3.8, 4) is 0 Å². The van der Waals surface area contributed by atoms with Crippen LogP contribution >= 0.6 is 11.6 Å². The van der Waals surface area contributed by atoms with Gasteiger partial charge >= 0.3 is 5.97 Å². The number of carboxylic acid groups (broad SMARTS) is 1. The molecule has 0 aromatic carbocycles. The first-order valence-electron chi connectivity index (χ1n) is 2.88. The highest BCUT2D eigenvalue weighted by atomic mass is 35.5. The zero-order valence-electron chi connectivity index (χ0n) is 5.69. The Morgan fingerprint density at radius 3 is 2.75 bits per heavy atom. The van der Waals surface area contributed by atoms with Gasteiger partial charge in [0.05, 0.1) is 0 Å². The van der Waals surface area contributed by atoms with Gasteiger partial charge in [-0.3, -0.25) is 0 Å². The highest BCUT2D eigenvalue weighted by Gasteiger charge is 2.11. The number of hydrogen-bond acceptors (Lipinski definition) is 4. The van der Waals surface area contributed by atoms with Crippen LogP contribution < -0.4 is 0 Å². The number of rotatable bonds is 2. The second-order valence-corrected chi connectivity index (χ2v) is 2.29. The zero-order valence-corrected chi connectivity index (χ0v) is 6.45. The van der Waals surface area contributed by atoms with Gasteiger partial charge in [-0.05, 0) is 17.3 Å². The van der Waals surface area contributed by atoms with Gasteiger partial charge in [0.1, 0.15) is 10.7 Å². The smallest absolute Gasteiger partial charge is 0.339 e. The van der Waals surface area contributed by atoms with Crippen molar-refractivity contribution < 1.29 is 9.90 Å². The van der Waals surface area contributed by atoms with E-state index in [0.717, 1.165) is 0 Å². The van der Waals surface area contributed by atoms with Crippen molar-refractivity contribution >= 4 is 23.4 Å². The summed E-state index contributed by atoms with van der Waals surface area (Å²) < 4.78 is 0. The van der Waals surface area contributed by atoms with E-state index in [1.54, 1.807) is 0 Å². The average molecular weight is 187 g/mol. The van der Waals surface area contributed by atoms with E-state index in [2.05, 4.69) is 10.2 Å². The summed E-state index contributed by atoms with van der Waals surface area (Å²) in [5.41, 5.74) is -0.255. The summed E-state index contributed by atoms with van der Waals surface area (Å²) in [6, 6.07) is 2.45. The first kappa shape index (κ1) is 8.61. The predicted octanol–water partition coefficient (Wildman–Crippen LogP) is 1.83. The molecule has 0 atom stereocenters. The molecular formula is C6H3ClN2O3. The van der Waals surface area contributed by atoms with E-state index in [4.69, 9.17) is 16.7 Å². The van der Waals surface area contributed by atoms with Crippen LogP contribution in [0.25, 0.3) is 0 Å². The Hall–Kier alpha value is -1.49. The summed E-state index contributed by atoms with van der Waals surface area (Å²) in [7, 11) is 0. The molecule has 62 valence electrons. The second kappa shape index (κ2) is 3.27. The van der Waals surface area contributed by atoms with E-state index in [0.29, 0.717) is 0 Å². The van der Waals surface area contributed by atoms with Crippen LogP contribution in [-0.4, -0.2) is 16.1 Å². The van der Waals surface area contributed by atoms with Crippen molar-refractivity contribution in [1.82, 2.24) is 4.98 Å². The fourth-order valence-electron chi connectivity index (χ4n) is 0.662.